The molecule has 0 bridgehead atoms. The van der Waals surface area contributed by atoms with E-state index in [-0.39, 0.29) is 22.2 Å². The Hall–Kier alpha value is -2.36. The van der Waals surface area contributed by atoms with Crippen molar-refractivity contribution in [2.24, 2.45) is 5.92 Å². The van der Waals surface area contributed by atoms with Gasteiger partial charge in [-0.3, -0.25) is 14.3 Å². The first-order valence-corrected chi connectivity index (χ1v) is 13.8. The number of hydrogen-bond acceptors (Lipinski definition) is 5. The fraction of sp³-hybridized carbons (Fsp3) is 0.357. The number of fused-ring (bicyclic) bond motifs is 1. The lowest BCUT2D eigenvalue weighted by atomic mass is 9.99. The molecule has 190 valence electrons. The zero-order chi connectivity index (χ0) is 25.9. The number of rotatable bonds is 10. The summed E-state index contributed by atoms with van der Waals surface area (Å²) < 4.78 is 2.48. The van der Waals surface area contributed by atoms with Crippen LogP contribution < -0.4 is 5.56 Å². The third-order valence-corrected chi connectivity index (χ3v) is 7.65. The molecule has 0 aliphatic heterocycles. The third-order valence-electron chi connectivity index (χ3n) is 6.31. The monoisotopic (exact) mass is 568 g/mol. The van der Waals surface area contributed by atoms with Crippen molar-refractivity contribution in [2.45, 2.75) is 33.0 Å². The van der Waals surface area contributed by atoms with Crippen LogP contribution in [0.3, 0.4) is 0 Å². The van der Waals surface area contributed by atoms with E-state index in [9.17, 15) is 10.0 Å². The molecule has 2 heterocycles. The zero-order valence-corrected chi connectivity index (χ0v) is 23.6. The van der Waals surface area contributed by atoms with Crippen molar-refractivity contribution in [3.8, 4) is 0 Å². The molecule has 1 atom stereocenters. The molecule has 4 aromatic rings. The molecule has 2 aromatic carbocycles. The Balaban J connectivity index is 1.84. The molecule has 2 aromatic heterocycles. The summed E-state index contributed by atoms with van der Waals surface area (Å²) in [4.78, 5) is 21.9. The maximum Gasteiger partial charge on any atom is 0.262 e. The second-order valence-corrected chi connectivity index (χ2v) is 11.9. The van der Waals surface area contributed by atoms with Gasteiger partial charge in [0.15, 0.2) is 0 Å². The van der Waals surface area contributed by atoms with E-state index < -0.39 is 0 Å². The van der Waals surface area contributed by atoms with Gasteiger partial charge in [0, 0.05) is 17.6 Å². The van der Waals surface area contributed by atoms with Gasteiger partial charge >= 0.3 is 0 Å². The molecule has 0 amide bonds. The van der Waals surface area contributed by atoms with Crippen LogP contribution in [0, 0.1) is 11.1 Å². The van der Waals surface area contributed by atoms with Crippen molar-refractivity contribution < 1.29 is 4.65 Å². The summed E-state index contributed by atoms with van der Waals surface area (Å²) in [6.07, 6.45) is 0. The fourth-order valence-electron chi connectivity index (χ4n) is 4.50. The van der Waals surface area contributed by atoms with Crippen molar-refractivity contribution in [3.05, 3.63) is 103 Å². The molecule has 0 saturated heterocycles. The molecule has 36 heavy (non-hydrogen) atoms. The first kappa shape index (κ1) is 26.7. The number of halogens is 1. The molecule has 0 aliphatic rings. The zero-order valence-electron chi connectivity index (χ0n) is 21.2. The van der Waals surface area contributed by atoms with Gasteiger partial charge in [-0.25, -0.2) is 4.98 Å². The van der Waals surface area contributed by atoms with Crippen molar-refractivity contribution in [2.75, 3.05) is 27.2 Å². The summed E-state index contributed by atoms with van der Waals surface area (Å²) in [6, 6.07) is 20.0. The van der Waals surface area contributed by atoms with Gasteiger partial charge in [0.2, 0.25) is 0 Å². The molecule has 0 aliphatic carbocycles. The highest BCUT2D eigenvalue weighted by Gasteiger charge is 2.30. The molecule has 8 heteroatoms. The fourth-order valence-corrected chi connectivity index (χ4v) is 5.53. The number of thiophene rings is 1. The lowest BCUT2D eigenvalue weighted by molar-refractivity contribution is -0.839. The van der Waals surface area contributed by atoms with Gasteiger partial charge in [-0.1, -0.05) is 72.2 Å². The van der Waals surface area contributed by atoms with E-state index in [0.29, 0.717) is 31.6 Å². The highest BCUT2D eigenvalue weighted by molar-refractivity contribution is 9.10. The van der Waals surface area contributed by atoms with Gasteiger partial charge in [0.1, 0.15) is 10.7 Å². The van der Waals surface area contributed by atoms with Crippen LogP contribution in [0.25, 0.3) is 10.2 Å². The molecule has 4 rings (SSSR count). The summed E-state index contributed by atoms with van der Waals surface area (Å²) in [6.45, 7) is 6.44. The first-order chi connectivity index (χ1) is 17.1. The van der Waals surface area contributed by atoms with Gasteiger partial charge < -0.3 is 9.85 Å². The Morgan fingerprint density at radius 1 is 1.06 bits per heavy atom. The molecule has 0 N–H and O–H groups in total. The summed E-state index contributed by atoms with van der Waals surface area (Å²) in [7, 11) is 3.34. The van der Waals surface area contributed by atoms with Gasteiger partial charge in [-0.15, -0.1) is 11.3 Å². The SMILES string of the molecule is CC(C)C(c1nc2sccc2c(=O)n1Cc1ccccc1)N(CC[N+](C)(C)[O-])Cc1ccc(Br)cc1. The Kier molecular flexibility index (Phi) is 8.42. The van der Waals surface area contributed by atoms with E-state index in [1.165, 1.54) is 11.3 Å². The number of aromatic nitrogens is 2. The highest BCUT2D eigenvalue weighted by Crippen LogP contribution is 2.31. The molecule has 6 nitrogen and oxygen atoms in total. The average molecular weight is 570 g/mol. The van der Waals surface area contributed by atoms with E-state index in [4.69, 9.17) is 4.98 Å². The molecular weight excluding hydrogens is 536 g/mol. The predicted molar refractivity (Wildman–Crippen MR) is 152 cm³/mol. The minimum Gasteiger partial charge on any atom is -0.633 e. The maximum absolute atomic E-state index is 13.7. The Bertz CT molecular complexity index is 1340. The smallest absolute Gasteiger partial charge is 0.262 e. The second kappa shape index (κ2) is 11.4. The summed E-state index contributed by atoms with van der Waals surface area (Å²) in [5, 5.41) is 15.2. The van der Waals surface area contributed by atoms with Crippen molar-refractivity contribution in [3.63, 3.8) is 0 Å². The first-order valence-electron chi connectivity index (χ1n) is 12.2. The van der Waals surface area contributed by atoms with E-state index >= 15 is 0 Å². The number of nitrogens with zero attached hydrogens (tertiary/aromatic N) is 4. The Morgan fingerprint density at radius 2 is 1.75 bits per heavy atom. The van der Waals surface area contributed by atoms with E-state index in [1.54, 1.807) is 14.1 Å². The number of hydroxylamine groups is 3. The van der Waals surface area contributed by atoms with E-state index in [0.717, 1.165) is 26.3 Å². The molecule has 0 fully saturated rings. The summed E-state index contributed by atoms with van der Waals surface area (Å²) in [5.74, 6) is 0.913. The van der Waals surface area contributed by atoms with Gasteiger partial charge in [-0.2, -0.15) is 0 Å². The van der Waals surface area contributed by atoms with E-state index in [2.05, 4.69) is 46.8 Å². The average Bonchev–Trinajstić information content (AvgIpc) is 3.30. The lowest BCUT2D eigenvalue weighted by Gasteiger charge is -2.39. The normalized spacial score (nSPS) is 13.1. The van der Waals surface area contributed by atoms with Gasteiger partial charge in [0.05, 0.1) is 38.6 Å². The van der Waals surface area contributed by atoms with Crippen LogP contribution >= 0.6 is 27.3 Å². The molecule has 0 saturated carbocycles. The minimum atomic E-state index is -0.379. The molecule has 0 spiro atoms. The minimum absolute atomic E-state index is 0.0192. The largest absolute Gasteiger partial charge is 0.633 e. The van der Waals surface area contributed by atoms with Crippen LogP contribution in [0.4, 0.5) is 0 Å². The van der Waals surface area contributed by atoms with Gasteiger partial charge in [0.25, 0.3) is 5.56 Å². The van der Waals surface area contributed by atoms with Crippen LogP contribution in [-0.2, 0) is 13.1 Å². The molecule has 0 radical (unpaired) electrons. The number of benzene rings is 2. The van der Waals surface area contributed by atoms with Crippen LogP contribution in [0.1, 0.15) is 36.8 Å². The Morgan fingerprint density at radius 3 is 2.39 bits per heavy atom. The number of quaternary nitrogens is 1. The van der Waals surface area contributed by atoms with Crippen LogP contribution in [0.15, 0.2) is 75.3 Å². The molecule has 1 unspecified atom stereocenters. The van der Waals surface area contributed by atoms with Gasteiger partial charge in [-0.05, 0) is 40.6 Å². The van der Waals surface area contributed by atoms with Crippen molar-refractivity contribution in [1.29, 1.82) is 0 Å². The topological polar surface area (TPSA) is 61.2 Å². The van der Waals surface area contributed by atoms with E-state index in [1.807, 2.05) is 58.5 Å². The summed E-state index contributed by atoms with van der Waals surface area (Å²) in [5.41, 5.74) is 2.18. The molecular formula is C28H33BrN4O2S. The number of hydrogen-bond donors (Lipinski definition) is 0. The quantitative estimate of drug-likeness (QED) is 0.173. The lowest BCUT2D eigenvalue weighted by Crippen LogP contribution is -2.44. The Labute approximate surface area is 225 Å². The standard InChI is InChI=1S/C28H33BrN4O2S/c1-20(2)25(31(15-16-33(3,4)35)18-22-10-12-23(29)13-11-22)26-30-27-24(14-17-36-27)28(34)32(26)19-21-8-6-5-7-9-21/h5-14,17,20,25H,15-16,18-19H2,1-4H3. The third kappa shape index (κ3) is 6.49. The predicted octanol–water partition coefficient (Wildman–Crippen LogP) is 6.04. The number of likely N-dealkylation sites (N-methyl/N-ethyl adjacent to an activating group) is 1. The second-order valence-electron chi connectivity index (χ2n) is 10.1. The summed E-state index contributed by atoms with van der Waals surface area (Å²) >= 11 is 5.01. The van der Waals surface area contributed by atoms with Crippen molar-refractivity contribution >= 4 is 37.5 Å². The maximum atomic E-state index is 13.7. The van der Waals surface area contributed by atoms with Crippen LogP contribution in [0.2, 0.25) is 0 Å². The van der Waals surface area contributed by atoms with Crippen LogP contribution in [0.5, 0.6) is 0 Å². The van der Waals surface area contributed by atoms with Crippen LogP contribution in [-0.4, -0.2) is 46.3 Å². The van der Waals surface area contributed by atoms with Crippen molar-refractivity contribution in [1.82, 2.24) is 14.5 Å². The highest BCUT2D eigenvalue weighted by atomic mass is 79.9.